The first kappa shape index (κ1) is 18.6. The summed E-state index contributed by atoms with van der Waals surface area (Å²) in [6.07, 6.45) is 0.585. The average molecular weight is 390 g/mol. The molecule has 6 nitrogen and oxygen atoms in total. The molecule has 0 aliphatic heterocycles. The van der Waals surface area contributed by atoms with Gasteiger partial charge in [-0.2, -0.15) is 0 Å². The largest absolute Gasteiger partial charge is 0.287 e. The topological polar surface area (TPSA) is 95.0 Å². The number of nitrogens with zero attached hydrogens (tertiary/aromatic N) is 2. The number of fused-ring (bicyclic) bond motifs is 1. The SMILES string of the molecule is CCSc1nc2ccccc2c(=O)n1CCc1ccc(S(N)(=O)=O)cc1. The van der Waals surface area contributed by atoms with Crippen LogP contribution in [0, 0.1) is 0 Å². The van der Waals surface area contributed by atoms with Crippen molar-refractivity contribution < 1.29 is 8.42 Å². The zero-order chi connectivity index (χ0) is 18.7. The molecule has 2 aromatic carbocycles. The van der Waals surface area contributed by atoms with Crippen LogP contribution in [0.1, 0.15) is 12.5 Å². The summed E-state index contributed by atoms with van der Waals surface area (Å²) in [7, 11) is -3.70. The molecule has 8 heteroatoms. The van der Waals surface area contributed by atoms with Gasteiger partial charge in [0.1, 0.15) is 0 Å². The Hall–Kier alpha value is -2.16. The van der Waals surface area contributed by atoms with Crippen molar-refractivity contribution in [2.24, 2.45) is 5.14 Å². The van der Waals surface area contributed by atoms with Crippen molar-refractivity contribution in [2.45, 2.75) is 29.9 Å². The monoisotopic (exact) mass is 389 g/mol. The van der Waals surface area contributed by atoms with Crippen LogP contribution in [0.25, 0.3) is 10.9 Å². The van der Waals surface area contributed by atoms with Gasteiger partial charge in [-0.3, -0.25) is 9.36 Å². The van der Waals surface area contributed by atoms with E-state index in [1.54, 1.807) is 22.8 Å². The van der Waals surface area contributed by atoms with E-state index in [2.05, 4.69) is 4.98 Å². The fourth-order valence-corrected chi connectivity index (χ4v) is 3.94. The maximum atomic E-state index is 12.8. The van der Waals surface area contributed by atoms with Crippen LogP contribution < -0.4 is 10.7 Å². The maximum absolute atomic E-state index is 12.8. The summed E-state index contributed by atoms with van der Waals surface area (Å²) in [5.74, 6) is 0.813. The van der Waals surface area contributed by atoms with E-state index < -0.39 is 10.0 Å². The molecule has 0 saturated heterocycles. The minimum absolute atomic E-state index is 0.0623. The Bertz CT molecular complexity index is 1090. The summed E-state index contributed by atoms with van der Waals surface area (Å²) < 4.78 is 24.3. The van der Waals surface area contributed by atoms with Crippen LogP contribution >= 0.6 is 11.8 Å². The first-order valence-electron chi connectivity index (χ1n) is 8.14. The van der Waals surface area contributed by atoms with Gasteiger partial charge in [-0.15, -0.1) is 0 Å². The van der Waals surface area contributed by atoms with Crippen molar-refractivity contribution in [1.29, 1.82) is 0 Å². The molecular formula is C18H19N3O3S2. The van der Waals surface area contributed by atoms with Crippen LogP contribution in [0.4, 0.5) is 0 Å². The van der Waals surface area contributed by atoms with Crippen molar-refractivity contribution in [3.8, 4) is 0 Å². The molecule has 0 radical (unpaired) electrons. The van der Waals surface area contributed by atoms with Gasteiger partial charge in [0.15, 0.2) is 5.16 Å². The minimum Gasteiger partial charge on any atom is -0.287 e. The standard InChI is InChI=1S/C18H19N3O3S2/c1-2-25-18-20-16-6-4-3-5-15(16)17(22)21(18)12-11-13-7-9-14(10-8-13)26(19,23)24/h3-10H,2,11-12H2,1H3,(H2,19,23,24). The smallest absolute Gasteiger partial charge is 0.262 e. The van der Waals surface area contributed by atoms with Gasteiger partial charge in [-0.05, 0) is 42.0 Å². The first-order chi connectivity index (χ1) is 12.4. The Morgan fingerprint density at radius 2 is 1.81 bits per heavy atom. The molecule has 0 amide bonds. The predicted molar refractivity (Wildman–Crippen MR) is 104 cm³/mol. The Balaban J connectivity index is 1.91. The van der Waals surface area contributed by atoms with E-state index in [9.17, 15) is 13.2 Å². The number of hydrogen-bond donors (Lipinski definition) is 1. The van der Waals surface area contributed by atoms with Crippen molar-refractivity contribution in [2.75, 3.05) is 5.75 Å². The van der Waals surface area contributed by atoms with E-state index in [-0.39, 0.29) is 10.5 Å². The predicted octanol–water partition coefficient (Wildman–Crippen LogP) is 2.40. The van der Waals surface area contributed by atoms with Gasteiger partial charge in [0.05, 0.1) is 15.8 Å². The lowest BCUT2D eigenvalue weighted by atomic mass is 10.1. The van der Waals surface area contributed by atoms with Crippen molar-refractivity contribution >= 4 is 32.7 Å². The summed E-state index contributed by atoms with van der Waals surface area (Å²) in [4.78, 5) is 17.5. The third kappa shape index (κ3) is 3.98. The number of hydrogen-bond acceptors (Lipinski definition) is 5. The highest BCUT2D eigenvalue weighted by Crippen LogP contribution is 2.18. The summed E-state index contributed by atoms with van der Waals surface area (Å²) in [5, 5.41) is 6.40. The van der Waals surface area contributed by atoms with Gasteiger partial charge in [0.2, 0.25) is 10.0 Å². The Morgan fingerprint density at radius 3 is 2.46 bits per heavy atom. The molecule has 1 heterocycles. The molecule has 0 atom stereocenters. The number of thioether (sulfide) groups is 1. The number of rotatable bonds is 6. The zero-order valence-electron chi connectivity index (χ0n) is 14.3. The van der Waals surface area contributed by atoms with Crippen LogP contribution in [-0.4, -0.2) is 23.7 Å². The second-order valence-electron chi connectivity index (χ2n) is 5.74. The lowest BCUT2D eigenvalue weighted by Gasteiger charge is -2.12. The van der Waals surface area contributed by atoms with Crippen LogP contribution in [0.3, 0.4) is 0 Å². The molecule has 1 aromatic heterocycles. The maximum Gasteiger partial charge on any atom is 0.262 e. The molecule has 136 valence electrons. The van der Waals surface area contributed by atoms with Gasteiger partial charge in [-0.25, -0.2) is 18.5 Å². The number of aromatic nitrogens is 2. The van der Waals surface area contributed by atoms with Gasteiger partial charge in [-0.1, -0.05) is 43.0 Å². The molecule has 0 spiro atoms. The van der Waals surface area contributed by atoms with Gasteiger partial charge in [0, 0.05) is 6.54 Å². The molecule has 26 heavy (non-hydrogen) atoms. The Morgan fingerprint density at radius 1 is 1.12 bits per heavy atom. The minimum atomic E-state index is -3.70. The molecule has 0 unspecified atom stereocenters. The van der Waals surface area contributed by atoms with E-state index in [0.717, 1.165) is 11.3 Å². The van der Waals surface area contributed by atoms with Crippen molar-refractivity contribution in [1.82, 2.24) is 9.55 Å². The fraction of sp³-hybridized carbons (Fsp3) is 0.222. The highest BCUT2D eigenvalue weighted by molar-refractivity contribution is 7.99. The lowest BCUT2D eigenvalue weighted by Crippen LogP contribution is -2.24. The number of primary sulfonamides is 1. The summed E-state index contributed by atoms with van der Waals surface area (Å²) >= 11 is 1.53. The quantitative estimate of drug-likeness (QED) is 0.516. The third-order valence-electron chi connectivity index (χ3n) is 3.98. The van der Waals surface area contributed by atoms with E-state index in [1.165, 1.54) is 23.9 Å². The number of benzene rings is 2. The molecule has 0 aliphatic carbocycles. The van der Waals surface area contributed by atoms with Crippen LogP contribution in [-0.2, 0) is 23.0 Å². The Kier molecular flexibility index (Phi) is 5.45. The van der Waals surface area contributed by atoms with E-state index >= 15 is 0 Å². The normalized spacial score (nSPS) is 11.8. The Labute approximate surface area is 156 Å². The number of sulfonamides is 1. The van der Waals surface area contributed by atoms with Crippen molar-refractivity contribution in [3.63, 3.8) is 0 Å². The van der Waals surface area contributed by atoms with Crippen LogP contribution in [0.15, 0.2) is 63.4 Å². The number of aryl methyl sites for hydroxylation is 1. The van der Waals surface area contributed by atoms with E-state index in [4.69, 9.17) is 5.14 Å². The van der Waals surface area contributed by atoms with Crippen LogP contribution in [0.5, 0.6) is 0 Å². The number of para-hydroxylation sites is 1. The highest BCUT2D eigenvalue weighted by atomic mass is 32.2. The molecule has 0 aliphatic rings. The van der Waals surface area contributed by atoms with E-state index in [0.29, 0.717) is 29.0 Å². The molecule has 0 fully saturated rings. The molecule has 0 saturated carbocycles. The van der Waals surface area contributed by atoms with Gasteiger partial charge >= 0.3 is 0 Å². The second kappa shape index (κ2) is 7.61. The molecule has 3 rings (SSSR count). The first-order valence-corrected chi connectivity index (χ1v) is 10.7. The summed E-state index contributed by atoms with van der Waals surface area (Å²) in [5.41, 5.74) is 1.56. The zero-order valence-corrected chi connectivity index (χ0v) is 15.9. The lowest BCUT2D eigenvalue weighted by molar-refractivity contribution is 0.594. The molecule has 3 aromatic rings. The number of nitrogens with two attached hydrogens (primary N) is 1. The average Bonchev–Trinajstić information content (AvgIpc) is 2.61. The third-order valence-corrected chi connectivity index (χ3v) is 5.76. The fourth-order valence-electron chi connectivity index (χ4n) is 2.67. The highest BCUT2D eigenvalue weighted by Gasteiger charge is 2.11. The van der Waals surface area contributed by atoms with Gasteiger partial charge < -0.3 is 0 Å². The van der Waals surface area contributed by atoms with Crippen LogP contribution in [0.2, 0.25) is 0 Å². The molecular weight excluding hydrogens is 370 g/mol. The van der Waals surface area contributed by atoms with Crippen molar-refractivity contribution in [3.05, 3.63) is 64.4 Å². The second-order valence-corrected chi connectivity index (χ2v) is 8.53. The van der Waals surface area contributed by atoms with Gasteiger partial charge in [0.25, 0.3) is 5.56 Å². The molecule has 2 N–H and O–H groups in total. The summed E-state index contributed by atoms with van der Waals surface area (Å²) in [6.45, 7) is 2.48. The molecule has 0 bridgehead atoms. The summed E-state index contributed by atoms with van der Waals surface area (Å²) in [6, 6.07) is 13.7. The van der Waals surface area contributed by atoms with E-state index in [1.807, 2.05) is 25.1 Å².